The molecule has 0 fully saturated rings. The SMILES string of the molecule is CN(C)C(=O)c1ccc[n+](CC(=O)NCc2ccccc2)c1.[Cl-]. The summed E-state index contributed by atoms with van der Waals surface area (Å²) in [6.45, 7) is 0.679. The first-order chi connectivity index (χ1) is 10.6. The van der Waals surface area contributed by atoms with Gasteiger partial charge in [-0.25, -0.2) is 0 Å². The van der Waals surface area contributed by atoms with E-state index in [1.54, 1.807) is 43.2 Å². The largest absolute Gasteiger partial charge is 1.00 e. The lowest BCUT2D eigenvalue weighted by Crippen LogP contribution is -3.00. The molecule has 0 radical (unpaired) electrons. The fourth-order valence-electron chi connectivity index (χ4n) is 2.02. The van der Waals surface area contributed by atoms with Crippen molar-refractivity contribution in [1.82, 2.24) is 10.2 Å². The van der Waals surface area contributed by atoms with Gasteiger partial charge in [-0.15, -0.1) is 0 Å². The van der Waals surface area contributed by atoms with Crippen molar-refractivity contribution in [3.63, 3.8) is 0 Å². The van der Waals surface area contributed by atoms with Gasteiger partial charge in [-0.05, 0) is 11.6 Å². The molecule has 0 saturated carbocycles. The van der Waals surface area contributed by atoms with Gasteiger partial charge in [0.2, 0.25) is 6.54 Å². The number of pyridine rings is 1. The van der Waals surface area contributed by atoms with Gasteiger partial charge in [0, 0.05) is 26.7 Å². The summed E-state index contributed by atoms with van der Waals surface area (Å²) in [7, 11) is 3.40. The molecule has 2 aromatic rings. The number of halogens is 1. The molecule has 0 aliphatic heterocycles. The molecular weight excluding hydrogens is 314 g/mol. The quantitative estimate of drug-likeness (QED) is 0.643. The Hall–Kier alpha value is -2.40. The van der Waals surface area contributed by atoms with Crippen molar-refractivity contribution in [1.29, 1.82) is 0 Å². The maximum Gasteiger partial charge on any atom is 0.286 e. The second-order valence-electron chi connectivity index (χ2n) is 5.23. The molecule has 0 bridgehead atoms. The summed E-state index contributed by atoms with van der Waals surface area (Å²) in [4.78, 5) is 25.4. The number of aromatic nitrogens is 1. The Balaban J connectivity index is 0.00000264. The Morgan fingerprint density at radius 2 is 1.78 bits per heavy atom. The summed E-state index contributed by atoms with van der Waals surface area (Å²) in [5, 5.41) is 2.86. The van der Waals surface area contributed by atoms with E-state index in [1.165, 1.54) is 4.90 Å². The van der Waals surface area contributed by atoms with Gasteiger partial charge in [0.25, 0.3) is 11.8 Å². The van der Waals surface area contributed by atoms with Crippen LogP contribution in [-0.2, 0) is 17.9 Å². The third-order valence-corrected chi connectivity index (χ3v) is 3.17. The predicted octanol–water partition coefficient (Wildman–Crippen LogP) is -2.00. The van der Waals surface area contributed by atoms with Crippen LogP contribution in [0.15, 0.2) is 54.9 Å². The van der Waals surface area contributed by atoms with Gasteiger partial charge in [0.15, 0.2) is 12.4 Å². The zero-order chi connectivity index (χ0) is 15.9. The van der Waals surface area contributed by atoms with Crippen LogP contribution < -0.4 is 22.3 Å². The van der Waals surface area contributed by atoms with Crippen molar-refractivity contribution in [2.24, 2.45) is 0 Å². The molecule has 122 valence electrons. The Labute approximate surface area is 142 Å². The number of nitrogens with one attached hydrogen (secondary N) is 1. The zero-order valence-electron chi connectivity index (χ0n) is 13.2. The minimum absolute atomic E-state index is 0. The topological polar surface area (TPSA) is 53.3 Å². The average molecular weight is 334 g/mol. The van der Waals surface area contributed by atoms with Crippen molar-refractivity contribution < 1.29 is 26.6 Å². The van der Waals surface area contributed by atoms with Gasteiger partial charge in [-0.1, -0.05) is 30.3 Å². The molecular formula is C17H20ClN3O2. The van der Waals surface area contributed by atoms with E-state index in [0.29, 0.717) is 12.1 Å². The number of hydrogen-bond acceptors (Lipinski definition) is 2. The molecule has 23 heavy (non-hydrogen) atoms. The summed E-state index contributed by atoms with van der Waals surface area (Å²) in [6, 6.07) is 13.2. The van der Waals surface area contributed by atoms with Crippen LogP contribution in [0.25, 0.3) is 0 Å². The minimum atomic E-state index is -0.0942. The fourth-order valence-corrected chi connectivity index (χ4v) is 2.02. The molecule has 2 rings (SSSR count). The van der Waals surface area contributed by atoms with Gasteiger partial charge in [-0.3, -0.25) is 9.59 Å². The number of hydrogen-bond donors (Lipinski definition) is 1. The highest BCUT2D eigenvalue weighted by atomic mass is 35.5. The van der Waals surface area contributed by atoms with Gasteiger partial charge in [0.1, 0.15) is 5.56 Å². The lowest BCUT2D eigenvalue weighted by atomic mass is 10.2. The molecule has 0 spiro atoms. The summed E-state index contributed by atoms with van der Waals surface area (Å²) >= 11 is 0. The second-order valence-corrected chi connectivity index (χ2v) is 5.23. The van der Waals surface area contributed by atoms with E-state index in [1.807, 2.05) is 30.3 Å². The number of carbonyl (C=O) groups is 2. The van der Waals surface area contributed by atoms with Crippen LogP contribution in [0.1, 0.15) is 15.9 Å². The van der Waals surface area contributed by atoms with Crippen molar-refractivity contribution in [3.05, 3.63) is 66.0 Å². The maximum atomic E-state index is 12.0. The van der Waals surface area contributed by atoms with Crippen molar-refractivity contribution in [3.8, 4) is 0 Å². The highest BCUT2D eigenvalue weighted by Crippen LogP contribution is 1.99. The molecule has 2 amide bonds. The molecule has 1 aromatic carbocycles. The second kappa shape index (κ2) is 8.90. The van der Waals surface area contributed by atoms with Crippen molar-refractivity contribution >= 4 is 11.8 Å². The van der Waals surface area contributed by atoms with Gasteiger partial charge < -0.3 is 22.6 Å². The molecule has 0 unspecified atom stereocenters. The lowest BCUT2D eigenvalue weighted by Gasteiger charge is -2.09. The van der Waals surface area contributed by atoms with Crippen LogP contribution in [0.3, 0.4) is 0 Å². The van der Waals surface area contributed by atoms with E-state index in [4.69, 9.17) is 0 Å². The summed E-state index contributed by atoms with van der Waals surface area (Å²) in [6.07, 6.45) is 3.46. The Morgan fingerprint density at radius 3 is 2.43 bits per heavy atom. The van der Waals surface area contributed by atoms with Crippen molar-refractivity contribution in [2.45, 2.75) is 13.1 Å². The van der Waals surface area contributed by atoms with E-state index < -0.39 is 0 Å². The van der Waals surface area contributed by atoms with Gasteiger partial charge in [-0.2, -0.15) is 4.57 Å². The molecule has 0 saturated heterocycles. The first kappa shape index (κ1) is 18.6. The fraction of sp³-hybridized carbons (Fsp3) is 0.235. The van der Waals surface area contributed by atoms with Crippen LogP contribution in [-0.4, -0.2) is 30.8 Å². The standard InChI is InChI=1S/C17H19N3O2.ClH/c1-19(2)17(22)15-9-6-10-20(12-15)13-16(21)18-11-14-7-4-3-5-8-14;/h3-10,12H,11,13H2,1-2H3;1H. The van der Waals surface area contributed by atoms with E-state index in [9.17, 15) is 9.59 Å². The van der Waals surface area contributed by atoms with Crippen LogP contribution in [0.5, 0.6) is 0 Å². The number of benzene rings is 1. The predicted molar refractivity (Wildman–Crippen MR) is 82.9 cm³/mol. The molecule has 5 nitrogen and oxygen atoms in total. The van der Waals surface area contributed by atoms with Crippen molar-refractivity contribution in [2.75, 3.05) is 14.1 Å². The monoisotopic (exact) mass is 333 g/mol. The molecule has 0 atom stereocenters. The summed E-state index contributed by atoms with van der Waals surface area (Å²) in [5.41, 5.74) is 1.61. The maximum absolute atomic E-state index is 12.0. The van der Waals surface area contributed by atoms with E-state index >= 15 is 0 Å². The number of nitrogens with zero attached hydrogens (tertiary/aromatic N) is 2. The average Bonchev–Trinajstić information content (AvgIpc) is 2.53. The van der Waals surface area contributed by atoms with Gasteiger partial charge in [0.05, 0.1) is 0 Å². The van der Waals surface area contributed by atoms with Crippen LogP contribution >= 0.6 is 0 Å². The molecule has 0 aliphatic rings. The van der Waals surface area contributed by atoms with E-state index in [-0.39, 0.29) is 30.8 Å². The third-order valence-electron chi connectivity index (χ3n) is 3.17. The summed E-state index contributed by atoms with van der Waals surface area (Å²) < 4.78 is 1.71. The van der Waals surface area contributed by atoms with E-state index in [2.05, 4.69) is 5.32 Å². The Bertz CT molecular complexity index is 660. The number of amides is 2. The summed E-state index contributed by atoms with van der Waals surface area (Å²) in [5.74, 6) is -0.178. The van der Waals surface area contributed by atoms with Gasteiger partial charge >= 0.3 is 0 Å². The lowest BCUT2D eigenvalue weighted by molar-refractivity contribution is -0.684. The number of carbonyl (C=O) groups excluding carboxylic acids is 2. The normalized spacial score (nSPS) is 9.65. The van der Waals surface area contributed by atoms with Crippen LogP contribution in [0.2, 0.25) is 0 Å². The number of rotatable bonds is 5. The molecule has 1 N–H and O–H groups in total. The Morgan fingerprint density at radius 1 is 1.09 bits per heavy atom. The zero-order valence-corrected chi connectivity index (χ0v) is 14.0. The smallest absolute Gasteiger partial charge is 0.286 e. The molecule has 1 aromatic heterocycles. The first-order valence-electron chi connectivity index (χ1n) is 7.07. The van der Waals surface area contributed by atoms with Crippen LogP contribution in [0, 0.1) is 0 Å². The minimum Gasteiger partial charge on any atom is -1.00 e. The highest BCUT2D eigenvalue weighted by Gasteiger charge is 2.14. The van der Waals surface area contributed by atoms with E-state index in [0.717, 1.165) is 5.56 Å². The first-order valence-corrected chi connectivity index (χ1v) is 7.07. The molecule has 0 aliphatic carbocycles. The molecule has 6 heteroatoms. The Kier molecular flexibility index (Phi) is 7.22. The molecule has 1 heterocycles. The third kappa shape index (κ3) is 5.71. The highest BCUT2D eigenvalue weighted by molar-refractivity contribution is 5.93. The van der Waals surface area contributed by atoms with Crippen LogP contribution in [0.4, 0.5) is 0 Å².